The number of aryl methyl sites for hydroxylation is 1. The van der Waals surface area contributed by atoms with Gasteiger partial charge in [0.2, 0.25) is 0 Å². The van der Waals surface area contributed by atoms with Gasteiger partial charge in [0, 0.05) is 29.4 Å². The Morgan fingerprint density at radius 3 is 2.92 bits per heavy atom. The van der Waals surface area contributed by atoms with Crippen molar-refractivity contribution in [2.24, 2.45) is 4.99 Å². The zero-order valence-electron chi connectivity index (χ0n) is 14.3. The molecule has 0 fully saturated rings. The van der Waals surface area contributed by atoms with E-state index in [4.69, 9.17) is 4.99 Å². The fourth-order valence-corrected chi connectivity index (χ4v) is 3.68. The average Bonchev–Trinajstić information content (AvgIpc) is 2.91. The van der Waals surface area contributed by atoms with E-state index in [2.05, 4.69) is 73.1 Å². The Kier molecular flexibility index (Phi) is 3.64. The summed E-state index contributed by atoms with van der Waals surface area (Å²) in [6.07, 6.45) is 1.03. The molecule has 0 aromatic heterocycles. The largest absolute Gasteiger partial charge is 0.363 e. The van der Waals surface area contributed by atoms with Crippen LogP contribution in [0.1, 0.15) is 36.5 Å². The lowest BCUT2D eigenvalue weighted by Gasteiger charge is -2.25. The maximum absolute atomic E-state index is 4.84. The van der Waals surface area contributed by atoms with Crippen molar-refractivity contribution in [3.05, 3.63) is 65.7 Å². The van der Waals surface area contributed by atoms with Gasteiger partial charge >= 0.3 is 0 Å². The summed E-state index contributed by atoms with van der Waals surface area (Å²) in [4.78, 5) is 7.24. The summed E-state index contributed by atoms with van der Waals surface area (Å²) in [5.41, 5.74) is 7.16. The number of rotatable bonds is 3. The van der Waals surface area contributed by atoms with Crippen molar-refractivity contribution in [2.75, 3.05) is 18.0 Å². The molecule has 0 amide bonds. The zero-order valence-corrected chi connectivity index (χ0v) is 14.3. The van der Waals surface area contributed by atoms with Gasteiger partial charge in [-0.1, -0.05) is 44.7 Å². The zero-order chi connectivity index (χ0) is 16.7. The van der Waals surface area contributed by atoms with Gasteiger partial charge in [0.1, 0.15) is 5.84 Å². The number of hydrogen-bond acceptors (Lipinski definition) is 3. The van der Waals surface area contributed by atoms with Gasteiger partial charge in [-0.2, -0.15) is 0 Å². The molecule has 1 unspecified atom stereocenters. The standard InChI is InChI=1S/C21H23N3/c1-4-16-9-10-19-18(11-16)15(3)22-21(23-19)13-24-12-14(2)17-7-5-6-8-20(17)24/h5-11,14H,3-4,12-13H2,1-2H3,(H,22,23). The van der Waals surface area contributed by atoms with Gasteiger partial charge in [0.15, 0.2) is 0 Å². The quantitative estimate of drug-likeness (QED) is 0.904. The van der Waals surface area contributed by atoms with Crippen LogP contribution in [0.5, 0.6) is 0 Å². The molecule has 0 saturated heterocycles. The molecule has 0 saturated carbocycles. The second kappa shape index (κ2) is 5.82. The van der Waals surface area contributed by atoms with Crippen molar-refractivity contribution in [3.63, 3.8) is 0 Å². The van der Waals surface area contributed by atoms with Crippen LogP contribution in [-0.4, -0.2) is 18.9 Å². The number of nitrogens with one attached hydrogen (secondary N) is 1. The van der Waals surface area contributed by atoms with E-state index < -0.39 is 0 Å². The highest BCUT2D eigenvalue weighted by molar-refractivity contribution is 6.00. The molecule has 24 heavy (non-hydrogen) atoms. The third-order valence-electron chi connectivity index (χ3n) is 4.99. The second-order valence-electron chi connectivity index (χ2n) is 6.71. The molecular formula is C21H23N3. The second-order valence-corrected chi connectivity index (χ2v) is 6.71. The number of benzene rings is 2. The summed E-state index contributed by atoms with van der Waals surface area (Å²) in [6.45, 7) is 10.5. The molecule has 0 radical (unpaired) electrons. The molecule has 2 aliphatic heterocycles. The molecule has 2 heterocycles. The van der Waals surface area contributed by atoms with Crippen LogP contribution < -0.4 is 10.2 Å². The van der Waals surface area contributed by atoms with Crippen LogP contribution in [0, 0.1) is 0 Å². The first-order valence-electron chi connectivity index (χ1n) is 8.66. The molecule has 4 rings (SSSR count). The first kappa shape index (κ1) is 15.0. The van der Waals surface area contributed by atoms with Crippen LogP contribution in [-0.2, 0) is 6.42 Å². The predicted octanol–water partition coefficient (Wildman–Crippen LogP) is 4.48. The molecule has 2 aromatic rings. The number of nitrogens with zero attached hydrogens (tertiary/aromatic N) is 2. The third-order valence-corrected chi connectivity index (χ3v) is 4.99. The minimum atomic E-state index is 0.563. The predicted molar refractivity (Wildman–Crippen MR) is 102 cm³/mol. The highest BCUT2D eigenvalue weighted by Crippen LogP contribution is 2.36. The molecule has 1 N–H and O–H groups in total. The number of amidine groups is 1. The number of para-hydroxylation sites is 1. The SMILES string of the molecule is C=C1NC(CN2CC(C)c3ccccc32)=Nc2ccc(CC)cc21. The Morgan fingerprint density at radius 1 is 1.25 bits per heavy atom. The van der Waals surface area contributed by atoms with E-state index in [-0.39, 0.29) is 0 Å². The van der Waals surface area contributed by atoms with Crippen molar-refractivity contribution in [3.8, 4) is 0 Å². The summed E-state index contributed by atoms with van der Waals surface area (Å²) < 4.78 is 0. The van der Waals surface area contributed by atoms with Crippen LogP contribution in [0.15, 0.2) is 54.0 Å². The topological polar surface area (TPSA) is 27.6 Å². The molecule has 2 aromatic carbocycles. The van der Waals surface area contributed by atoms with Crippen LogP contribution in [0.3, 0.4) is 0 Å². The lowest BCUT2D eigenvalue weighted by Crippen LogP contribution is -2.37. The van der Waals surface area contributed by atoms with Crippen LogP contribution >= 0.6 is 0 Å². The van der Waals surface area contributed by atoms with Gasteiger partial charge in [-0.15, -0.1) is 0 Å². The molecule has 0 aliphatic carbocycles. The summed E-state index contributed by atoms with van der Waals surface area (Å²) >= 11 is 0. The Hall–Kier alpha value is -2.55. The Bertz CT molecular complexity index is 835. The van der Waals surface area contributed by atoms with Crippen molar-refractivity contribution < 1.29 is 0 Å². The maximum atomic E-state index is 4.84. The Balaban J connectivity index is 1.62. The van der Waals surface area contributed by atoms with Gasteiger partial charge < -0.3 is 10.2 Å². The first-order valence-corrected chi connectivity index (χ1v) is 8.66. The molecule has 0 spiro atoms. The lowest BCUT2D eigenvalue weighted by molar-refractivity contribution is 0.779. The first-order chi connectivity index (χ1) is 11.7. The van der Waals surface area contributed by atoms with E-state index in [9.17, 15) is 0 Å². The highest BCUT2D eigenvalue weighted by Gasteiger charge is 2.26. The van der Waals surface area contributed by atoms with Crippen molar-refractivity contribution >= 4 is 22.9 Å². The van der Waals surface area contributed by atoms with Crippen molar-refractivity contribution in [1.29, 1.82) is 0 Å². The molecule has 1 atom stereocenters. The molecule has 2 aliphatic rings. The number of fused-ring (bicyclic) bond motifs is 2. The molecule has 0 bridgehead atoms. The smallest absolute Gasteiger partial charge is 0.126 e. The van der Waals surface area contributed by atoms with Gasteiger partial charge in [0.05, 0.1) is 12.2 Å². The Morgan fingerprint density at radius 2 is 2.08 bits per heavy atom. The van der Waals surface area contributed by atoms with E-state index in [1.54, 1.807) is 0 Å². The van der Waals surface area contributed by atoms with Crippen molar-refractivity contribution in [1.82, 2.24) is 5.32 Å². The molecule has 122 valence electrons. The van der Waals surface area contributed by atoms with Crippen LogP contribution in [0.25, 0.3) is 5.70 Å². The maximum Gasteiger partial charge on any atom is 0.126 e. The van der Waals surface area contributed by atoms with E-state index in [0.717, 1.165) is 42.3 Å². The molecule has 3 nitrogen and oxygen atoms in total. The summed E-state index contributed by atoms with van der Waals surface area (Å²) in [5.74, 6) is 1.54. The summed E-state index contributed by atoms with van der Waals surface area (Å²) in [6, 6.07) is 15.1. The summed E-state index contributed by atoms with van der Waals surface area (Å²) in [5, 5.41) is 3.41. The van der Waals surface area contributed by atoms with E-state index >= 15 is 0 Å². The van der Waals surface area contributed by atoms with Gasteiger partial charge in [0.25, 0.3) is 0 Å². The lowest BCUT2D eigenvalue weighted by atomic mass is 10.0. The van der Waals surface area contributed by atoms with Gasteiger partial charge in [-0.05, 0) is 35.7 Å². The average molecular weight is 317 g/mol. The number of aliphatic imine (C=N–C) groups is 1. The fourth-order valence-electron chi connectivity index (χ4n) is 3.68. The number of anilines is 1. The number of hydrogen-bond donors (Lipinski definition) is 1. The van der Waals surface area contributed by atoms with Crippen LogP contribution in [0.2, 0.25) is 0 Å². The van der Waals surface area contributed by atoms with E-state index in [1.807, 2.05) is 0 Å². The minimum Gasteiger partial charge on any atom is -0.363 e. The normalized spacial score (nSPS) is 18.8. The fraction of sp³-hybridized carbons (Fsp3) is 0.286. The molecule has 3 heteroatoms. The van der Waals surface area contributed by atoms with Crippen molar-refractivity contribution in [2.45, 2.75) is 26.2 Å². The van der Waals surface area contributed by atoms with E-state index in [1.165, 1.54) is 16.8 Å². The third kappa shape index (κ3) is 2.50. The van der Waals surface area contributed by atoms with Crippen LogP contribution in [0.4, 0.5) is 11.4 Å². The van der Waals surface area contributed by atoms with E-state index in [0.29, 0.717) is 5.92 Å². The monoisotopic (exact) mass is 317 g/mol. The Labute approximate surface area is 143 Å². The summed E-state index contributed by atoms with van der Waals surface area (Å²) in [7, 11) is 0. The molecular weight excluding hydrogens is 294 g/mol. The minimum absolute atomic E-state index is 0.563. The van der Waals surface area contributed by atoms with Gasteiger partial charge in [-0.3, -0.25) is 0 Å². The van der Waals surface area contributed by atoms with Gasteiger partial charge in [-0.25, -0.2) is 4.99 Å². The highest BCUT2D eigenvalue weighted by atomic mass is 15.2.